The lowest BCUT2D eigenvalue weighted by molar-refractivity contribution is 0.00528. The van der Waals surface area contributed by atoms with Crippen molar-refractivity contribution in [1.29, 1.82) is 0 Å². The van der Waals surface area contributed by atoms with Crippen molar-refractivity contribution in [2.75, 3.05) is 19.8 Å². The quantitative estimate of drug-likeness (QED) is 0.864. The molecule has 1 aromatic rings. The van der Waals surface area contributed by atoms with Gasteiger partial charge >= 0.3 is 0 Å². The molecule has 0 aliphatic carbocycles. The summed E-state index contributed by atoms with van der Waals surface area (Å²) in [6, 6.07) is 7.26. The molecular weight excluding hydrogens is 322 g/mol. The largest absolute Gasteiger partial charge is 0.393 e. The highest BCUT2D eigenvalue weighted by Crippen LogP contribution is 2.20. The second kappa shape index (κ2) is 7.76. The summed E-state index contributed by atoms with van der Waals surface area (Å²) < 4.78 is 6.16. The highest BCUT2D eigenvalue weighted by molar-refractivity contribution is 9.10. The summed E-state index contributed by atoms with van der Waals surface area (Å²) in [7, 11) is 0. The number of carbonyl (C=O) groups excluding carboxylic acids is 1. The van der Waals surface area contributed by atoms with Gasteiger partial charge in [0.15, 0.2) is 0 Å². The maximum Gasteiger partial charge on any atom is 0.251 e. The van der Waals surface area contributed by atoms with Gasteiger partial charge in [0.25, 0.3) is 5.91 Å². The number of aliphatic hydroxyl groups excluding tert-OH is 1. The van der Waals surface area contributed by atoms with Crippen LogP contribution in [0.1, 0.15) is 29.6 Å². The van der Waals surface area contributed by atoms with E-state index >= 15 is 0 Å². The number of aliphatic hydroxyl groups is 1. The van der Waals surface area contributed by atoms with Crippen LogP contribution >= 0.6 is 15.9 Å². The van der Waals surface area contributed by atoms with Crippen LogP contribution in [0.5, 0.6) is 0 Å². The number of hydrogen-bond donors (Lipinski definition) is 2. The molecule has 0 saturated carbocycles. The van der Waals surface area contributed by atoms with Crippen LogP contribution in [0.2, 0.25) is 0 Å². The molecule has 1 fully saturated rings. The second-order valence-electron chi connectivity index (χ2n) is 5.07. The van der Waals surface area contributed by atoms with Gasteiger partial charge in [0.1, 0.15) is 0 Å². The Kier molecular flexibility index (Phi) is 6.01. The SMILES string of the molecule is O=C(NCCC(O)C1CCOCC1)c1cccc(Br)c1. The van der Waals surface area contributed by atoms with E-state index in [1.807, 2.05) is 12.1 Å². The number of hydrogen-bond acceptors (Lipinski definition) is 3. The molecule has 1 atom stereocenters. The Morgan fingerprint density at radius 2 is 2.20 bits per heavy atom. The van der Waals surface area contributed by atoms with Crippen LogP contribution in [-0.4, -0.2) is 36.9 Å². The van der Waals surface area contributed by atoms with Crippen LogP contribution < -0.4 is 5.32 Å². The Morgan fingerprint density at radius 3 is 2.90 bits per heavy atom. The maximum atomic E-state index is 11.9. The lowest BCUT2D eigenvalue weighted by atomic mass is 9.92. The minimum atomic E-state index is -0.360. The van der Waals surface area contributed by atoms with Gasteiger partial charge in [-0.2, -0.15) is 0 Å². The van der Waals surface area contributed by atoms with Gasteiger partial charge in [-0.25, -0.2) is 0 Å². The summed E-state index contributed by atoms with van der Waals surface area (Å²) in [6.45, 7) is 1.95. The summed E-state index contributed by atoms with van der Waals surface area (Å²) in [6.07, 6.45) is 2.04. The smallest absolute Gasteiger partial charge is 0.251 e. The third-order valence-corrected chi connectivity index (χ3v) is 4.12. The van der Waals surface area contributed by atoms with Crippen LogP contribution in [0, 0.1) is 5.92 Å². The highest BCUT2D eigenvalue weighted by atomic mass is 79.9. The molecule has 0 bridgehead atoms. The third kappa shape index (κ3) is 4.58. The third-order valence-electron chi connectivity index (χ3n) is 3.62. The molecule has 110 valence electrons. The van der Waals surface area contributed by atoms with E-state index in [4.69, 9.17) is 4.74 Å². The summed E-state index contributed by atoms with van der Waals surface area (Å²) in [5, 5.41) is 12.9. The lowest BCUT2D eigenvalue weighted by Gasteiger charge is -2.26. The minimum absolute atomic E-state index is 0.106. The molecule has 1 amide bonds. The van der Waals surface area contributed by atoms with E-state index in [1.165, 1.54) is 0 Å². The predicted molar refractivity (Wildman–Crippen MR) is 80.6 cm³/mol. The highest BCUT2D eigenvalue weighted by Gasteiger charge is 2.21. The Balaban J connectivity index is 1.73. The summed E-state index contributed by atoms with van der Waals surface area (Å²) in [5.41, 5.74) is 0.625. The van der Waals surface area contributed by atoms with Gasteiger partial charge in [0.2, 0.25) is 0 Å². The first-order valence-corrected chi connectivity index (χ1v) is 7.75. The van der Waals surface area contributed by atoms with Gasteiger partial charge in [0.05, 0.1) is 6.10 Å². The van der Waals surface area contributed by atoms with Gasteiger partial charge in [0, 0.05) is 29.8 Å². The van der Waals surface area contributed by atoms with E-state index in [0.29, 0.717) is 24.4 Å². The van der Waals surface area contributed by atoms with Crippen LogP contribution in [0.4, 0.5) is 0 Å². The Labute approximate surface area is 127 Å². The molecule has 1 unspecified atom stereocenters. The Bertz CT molecular complexity index is 446. The first kappa shape index (κ1) is 15.5. The molecule has 0 radical (unpaired) electrons. The van der Waals surface area contributed by atoms with Gasteiger partial charge in [-0.15, -0.1) is 0 Å². The number of carbonyl (C=O) groups is 1. The van der Waals surface area contributed by atoms with Crippen molar-refractivity contribution in [2.24, 2.45) is 5.92 Å². The zero-order valence-corrected chi connectivity index (χ0v) is 12.9. The van der Waals surface area contributed by atoms with E-state index < -0.39 is 0 Å². The van der Waals surface area contributed by atoms with Crippen molar-refractivity contribution in [3.63, 3.8) is 0 Å². The van der Waals surface area contributed by atoms with Crippen molar-refractivity contribution >= 4 is 21.8 Å². The molecule has 1 aliphatic rings. The first-order valence-electron chi connectivity index (χ1n) is 6.96. The number of benzene rings is 1. The number of nitrogens with one attached hydrogen (secondary N) is 1. The van der Waals surface area contributed by atoms with Crippen LogP contribution in [0.25, 0.3) is 0 Å². The number of ether oxygens (including phenoxy) is 1. The molecule has 5 heteroatoms. The van der Waals surface area contributed by atoms with Gasteiger partial charge in [-0.3, -0.25) is 4.79 Å². The maximum absolute atomic E-state index is 11.9. The normalized spacial score (nSPS) is 17.7. The molecule has 1 saturated heterocycles. The molecule has 0 aromatic heterocycles. The topological polar surface area (TPSA) is 58.6 Å². The van der Waals surface area contributed by atoms with Crippen molar-refractivity contribution < 1.29 is 14.6 Å². The predicted octanol–water partition coefficient (Wildman–Crippen LogP) is 2.36. The number of halogens is 1. The monoisotopic (exact) mass is 341 g/mol. The van der Waals surface area contributed by atoms with Crippen LogP contribution in [-0.2, 0) is 4.74 Å². The fraction of sp³-hybridized carbons (Fsp3) is 0.533. The van der Waals surface area contributed by atoms with Crippen molar-refractivity contribution in [3.8, 4) is 0 Å². The van der Waals surface area contributed by atoms with Gasteiger partial charge in [-0.1, -0.05) is 22.0 Å². The number of rotatable bonds is 5. The van der Waals surface area contributed by atoms with E-state index in [0.717, 1.165) is 30.5 Å². The zero-order valence-electron chi connectivity index (χ0n) is 11.3. The fourth-order valence-electron chi connectivity index (χ4n) is 2.40. The van der Waals surface area contributed by atoms with Gasteiger partial charge < -0.3 is 15.2 Å². The number of amides is 1. The van der Waals surface area contributed by atoms with E-state index in [9.17, 15) is 9.90 Å². The molecule has 1 aromatic carbocycles. The lowest BCUT2D eigenvalue weighted by Crippen LogP contribution is -2.32. The molecule has 1 aliphatic heterocycles. The molecule has 0 spiro atoms. The molecular formula is C15H20BrNO3. The summed E-state index contributed by atoms with van der Waals surface area (Å²) in [4.78, 5) is 11.9. The zero-order chi connectivity index (χ0) is 14.4. The van der Waals surface area contributed by atoms with Crippen molar-refractivity contribution in [3.05, 3.63) is 34.3 Å². The fourth-order valence-corrected chi connectivity index (χ4v) is 2.80. The molecule has 1 heterocycles. The average molecular weight is 342 g/mol. The van der Waals surface area contributed by atoms with E-state index in [2.05, 4.69) is 21.2 Å². The molecule has 2 rings (SSSR count). The van der Waals surface area contributed by atoms with Crippen molar-refractivity contribution in [1.82, 2.24) is 5.32 Å². The Hall–Kier alpha value is -0.910. The molecule has 4 nitrogen and oxygen atoms in total. The van der Waals surface area contributed by atoms with E-state index in [1.54, 1.807) is 12.1 Å². The first-order chi connectivity index (χ1) is 9.66. The van der Waals surface area contributed by atoms with Crippen LogP contribution in [0.3, 0.4) is 0 Å². The average Bonchev–Trinajstić information content (AvgIpc) is 2.48. The second-order valence-corrected chi connectivity index (χ2v) is 5.99. The van der Waals surface area contributed by atoms with Crippen LogP contribution in [0.15, 0.2) is 28.7 Å². The Morgan fingerprint density at radius 1 is 1.45 bits per heavy atom. The molecule has 2 N–H and O–H groups in total. The van der Waals surface area contributed by atoms with E-state index in [-0.39, 0.29) is 12.0 Å². The van der Waals surface area contributed by atoms with Crippen molar-refractivity contribution in [2.45, 2.75) is 25.4 Å². The van der Waals surface area contributed by atoms with Gasteiger partial charge in [-0.05, 0) is 43.4 Å². The summed E-state index contributed by atoms with van der Waals surface area (Å²) >= 11 is 3.34. The molecule has 20 heavy (non-hydrogen) atoms. The standard InChI is InChI=1S/C15H20BrNO3/c16-13-3-1-2-12(10-13)15(19)17-7-4-14(18)11-5-8-20-9-6-11/h1-3,10-11,14,18H,4-9H2,(H,17,19). The summed E-state index contributed by atoms with van der Waals surface area (Å²) in [5.74, 6) is 0.192. The minimum Gasteiger partial charge on any atom is -0.393 e.